The third kappa shape index (κ3) is 5.78. The molecule has 1 aliphatic rings. The number of benzene rings is 1. The molecule has 0 bridgehead atoms. The molecule has 0 amide bonds. The summed E-state index contributed by atoms with van der Waals surface area (Å²) in [5, 5.41) is 19.5. The Kier molecular flexibility index (Phi) is 6.89. The SMILES string of the molecule is CC[C@H]1CN(c2cc(F)cc3cc(F)oc23)CCN1.O=C(O)/C=C/C(=O)O. The number of rotatable bonds is 4. The number of hydrogen-bond acceptors (Lipinski definition) is 5. The van der Waals surface area contributed by atoms with Crippen molar-refractivity contribution < 1.29 is 33.0 Å². The number of nitrogens with zero attached hydrogens (tertiary/aromatic N) is 1. The van der Waals surface area contributed by atoms with Crippen molar-refractivity contribution in [3.63, 3.8) is 0 Å². The number of carbonyl (C=O) groups is 2. The molecule has 2 aromatic rings. The zero-order chi connectivity index (χ0) is 20.0. The largest absolute Gasteiger partial charge is 0.478 e. The van der Waals surface area contributed by atoms with E-state index >= 15 is 0 Å². The van der Waals surface area contributed by atoms with Gasteiger partial charge < -0.3 is 24.8 Å². The molecule has 3 N–H and O–H groups in total. The summed E-state index contributed by atoms with van der Waals surface area (Å²) in [7, 11) is 0. The topological polar surface area (TPSA) is 103 Å². The van der Waals surface area contributed by atoms with Crippen LogP contribution in [0.15, 0.2) is 34.8 Å². The van der Waals surface area contributed by atoms with Crippen LogP contribution in [0.1, 0.15) is 13.3 Å². The fourth-order valence-corrected chi connectivity index (χ4v) is 2.76. The normalized spacial score (nSPS) is 17.0. The zero-order valence-corrected chi connectivity index (χ0v) is 14.6. The zero-order valence-electron chi connectivity index (χ0n) is 14.6. The van der Waals surface area contributed by atoms with Crippen LogP contribution in [-0.4, -0.2) is 47.8 Å². The Bertz CT molecular complexity index is 834. The highest BCUT2D eigenvalue weighted by molar-refractivity contribution is 5.90. The molecule has 0 saturated carbocycles. The van der Waals surface area contributed by atoms with Crippen LogP contribution in [-0.2, 0) is 9.59 Å². The summed E-state index contributed by atoms with van der Waals surface area (Å²) in [6.07, 6.45) is 2.12. The number of nitrogens with one attached hydrogen (secondary N) is 1. The van der Waals surface area contributed by atoms with Gasteiger partial charge in [-0.3, -0.25) is 0 Å². The highest BCUT2D eigenvalue weighted by Gasteiger charge is 2.22. The smallest absolute Gasteiger partial charge is 0.328 e. The van der Waals surface area contributed by atoms with E-state index in [-0.39, 0.29) is 5.82 Å². The van der Waals surface area contributed by atoms with E-state index in [0.29, 0.717) is 34.9 Å². The third-order valence-corrected chi connectivity index (χ3v) is 3.99. The number of halogens is 2. The molecule has 1 fully saturated rings. The second-order valence-corrected chi connectivity index (χ2v) is 5.91. The van der Waals surface area contributed by atoms with E-state index in [1.165, 1.54) is 18.2 Å². The average molecular weight is 382 g/mol. The molecule has 0 spiro atoms. The number of furan rings is 1. The summed E-state index contributed by atoms with van der Waals surface area (Å²) >= 11 is 0. The highest BCUT2D eigenvalue weighted by Crippen LogP contribution is 2.31. The molecule has 1 aromatic carbocycles. The molecule has 3 rings (SSSR count). The van der Waals surface area contributed by atoms with Gasteiger partial charge in [0.25, 0.3) is 6.01 Å². The maximum Gasteiger partial charge on any atom is 0.328 e. The Morgan fingerprint density at radius 2 is 1.93 bits per heavy atom. The van der Waals surface area contributed by atoms with Crippen LogP contribution >= 0.6 is 0 Å². The highest BCUT2D eigenvalue weighted by atomic mass is 19.1. The quantitative estimate of drug-likeness (QED) is 0.699. The van der Waals surface area contributed by atoms with E-state index < -0.39 is 18.0 Å². The maximum atomic E-state index is 13.6. The van der Waals surface area contributed by atoms with Gasteiger partial charge >= 0.3 is 11.9 Å². The number of carboxylic acid groups (broad SMARTS) is 2. The van der Waals surface area contributed by atoms with Gasteiger partial charge in [0.1, 0.15) is 5.82 Å². The summed E-state index contributed by atoms with van der Waals surface area (Å²) in [6.45, 7) is 4.48. The van der Waals surface area contributed by atoms with Gasteiger partial charge in [-0.25, -0.2) is 14.0 Å². The fraction of sp³-hybridized carbons (Fsp3) is 0.333. The predicted octanol–water partition coefficient (Wildman–Crippen LogP) is 2.61. The fourth-order valence-electron chi connectivity index (χ4n) is 2.76. The van der Waals surface area contributed by atoms with Crippen LogP contribution in [0, 0.1) is 11.8 Å². The molecule has 2 heterocycles. The molecule has 1 aromatic heterocycles. The number of piperazine rings is 1. The van der Waals surface area contributed by atoms with Crippen LogP contribution in [0.3, 0.4) is 0 Å². The molecular weight excluding hydrogens is 362 g/mol. The van der Waals surface area contributed by atoms with Gasteiger partial charge in [-0.1, -0.05) is 6.92 Å². The lowest BCUT2D eigenvalue weighted by atomic mass is 10.1. The summed E-state index contributed by atoms with van der Waals surface area (Å²) in [5.41, 5.74) is 1.06. The minimum atomic E-state index is -1.26. The van der Waals surface area contributed by atoms with E-state index in [1.807, 2.05) is 0 Å². The van der Waals surface area contributed by atoms with Crippen molar-refractivity contribution >= 4 is 28.6 Å². The predicted molar refractivity (Wildman–Crippen MR) is 94.8 cm³/mol. The van der Waals surface area contributed by atoms with Gasteiger partial charge in [0.15, 0.2) is 5.58 Å². The van der Waals surface area contributed by atoms with Crippen molar-refractivity contribution in [2.45, 2.75) is 19.4 Å². The van der Waals surface area contributed by atoms with Crippen LogP contribution < -0.4 is 10.2 Å². The standard InChI is InChI=1S/C14H16F2N2O.C4H4O4/c1-2-11-8-18(4-3-17-11)12-7-10(15)5-9-6-13(16)19-14(9)12;5-3(6)1-2-4(7)8/h5-7,11,17H,2-4,8H2,1H3;1-2H,(H,5,6)(H,7,8)/b;2-1+/t11-;/m0./s1. The van der Waals surface area contributed by atoms with E-state index in [2.05, 4.69) is 17.1 Å². The van der Waals surface area contributed by atoms with Crippen LogP contribution in [0.2, 0.25) is 0 Å². The van der Waals surface area contributed by atoms with Crippen molar-refractivity contribution in [2.24, 2.45) is 0 Å². The van der Waals surface area contributed by atoms with Gasteiger partial charge in [-0.2, -0.15) is 4.39 Å². The first-order valence-corrected chi connectivity index (χ1v) is 8.31. The first-order valence-electron chi connectivity index (χ1n) is 8.31. The lowest BCUT2D eigenvalue weighted by molar-refractivity contribution is -0.134. The number of anilines is 1. The Morgan fingerprint density at radius 3 is 2.52 bits per heavy atom. The Morgan fingerprint density at radius 1 is 1.26 bits per heavy atom. The van der Waals surface area contributed by atoms with Gasteiger partial charge in [-0.15, -0.1) is 0 Å². The molecule has 27 heavy (non-hydrogen) atoms. The summed E-state index contributed by atoms with van der Waals surface area (Å²) in [6, 6.07) is 3.63. The molecular formula is C18H20F2N2O5. The molecule has 1 aliphatic heterocycles. The van der Waals surface area contributed by atoms with Crippen LogP contribution in [0.4, 0.5) is 14.5 Å². The Labute approximate surface area is 153 Å². The Balaban J connectivity index is 0.000000279. The third-order valence-electron chi connectivity index (χ3n) is 3.99. The number of aliphatic carboxylic acids is 2. The van der Waals surface area contributed by atoms with Crippen molar-refractivity contribution in [2.75, 3.05) is 24.5 Å². The van der Waals surface area contributed by atoms with Gasteiger partial charge in [-0.05, 0) is 12.5 Å². The van der Waals surface area contributed by atoms with E-state index in [1.54, 1.807) is 0 Å². The molecule has 9 heteroatoms. The van der Waals surface area contributed by atoms with E-state index in [4.69, 9.17) is 14.6 Å². The number of hydrogen-bond donors (Lipinski definition) is 3. The van der Waals surface area contributed by atoms with Crippen molar-refractivity contribution in [3.05, 3.63) is 42.2 Å². The maximum absolute atomic E-state index is 13.6. The van der Waals surface area contributed by atoms with Crippen molar-refractivity contribution in [3.8, 4) is 0 Å². The first kappa shape index (κ1) is 20.4. The van der Waals surface area contributed by atoms with Gasteiger partial charge in [0, 0.05) is 55.3 Å². The minimum absolute atomic E-state index is 0.366. The molecule has 146 valence electrons. The second-order valence-electron chi connectivity index (χ2n) is 5.91. The van der Waals surface area contributed by atoms with Gasteiger partial charge in [0.05, 0.1) is 5.69 Å². The van der Waals surface area contributed by atoms with Crippen LogP contribution in [0.25, 0.3) is 11.0 Å². The minimum Gasteiger partial charge on any atom is -0.478 e. The lowest BCUT2D eigenvalue weighted by Gasteiger charge is -2.34. The molecule has 1 saturated heterocycles. The van der Waals surface area contributed by atoms with E-state index in [0.717, 1.165) is 26.1 Å². The second kappa shape index (κ2) is 9.13. The van der Waals surface area contributed by atoms with Crippen molar-refractivity contribution in [1.82, 2.24) is 5.32 Å². The molecule has 0 unspecified atom stereocenters. The molecule has 1 atom stereocenters. The monoisotopic (exact) mass is 382 g/mol. The molecule has 0 aliphatic carbocycles. The first-order chi connectivity index (χ1) is 12.8. The molecule has 0 radical (unpaired) electrons. The summed E-state index contributed by atoms with van der Waals surface area (Å²) < 4.78 is 31.9. The van der Waals surface area contributed by atoms with Gasteiger partial charge in [0.2, 0.25) is 0 Å². The van der Waals surface area contributed by atoms with Crippen molar-refractivity contribution in [1.29, 1.82) is 0 Å². The summed E-state index contributed by atoms with van der Waals surface area (Å²) in [5.74, 6) is -2.88. The number of fused-ring (bicyclic) bond motifs is 1. The lowest BCUT2D eigenvalue weighted by Crippen LogP contribution is -2.50. The average Bonchev–Trinajstić information content (AvgIpc) is 2.99. The van der Waals surface area contributed by atoms with Crippen LogP contribution in [0.5, 0.6) is 0 Å². The van der Waals surface area contributed by atoms with E-state index in [9.17, 15) is 18.4 Å². The Hall–Kier alpha value is -2.94. The summed E-state index contributed by atoms with van der Waals surface area (Å²) in [4.78, 5) is 21.2. The molecule has 7 nitrogen and oxygen atoms in total. The number of carboxylic acids is 2.